The van der Waals surface area contributed by atoms with Gasteiger partial charge in [-0.3, -0.25) is 0 Å². The summed E-state index contributed by atoms with van der Waals surface area (Å²) in [7, 11) is 0. The molecule has 0 bridgehead atoms. The number of rotatable bonds is 0. The first kappa shape index (κ1) is 10.6. The van der Waals surface area contributed by atoms with Gasteiger partial charge in [-0.05, 0) is 0 Å². The van der Waals surface area contributed by atoms with Gasteiger partial charge in [-0.1, -0.05) is 31.9 Å². The van der Waals surface area contributed by atoms with E-state index in [1.165, 1.54) is 0 Å². The van der Waals surface area contributed by atoms with E-state index in [-0.39, 0.29) is 0 Å². The quantitative estimate of drug-likeness (QED) is 0.372. The maximum absolute atomic E-state index is 3.78. The van der Waals surface area contributed by atoms with Gasteiger partial charge in [0.05, 0.1) is 9.65 Å². The smallest absolute Gasteiger partial charge is 0.0503 e. The van der Waals surface area contributed by atoms with E-state index in [0.717, 1.165) is 0 Å². The molecule has 0 aromatic rings. The van der Waals surface area contributed by atoms with Crippen molar-refractivity contribution >= 4 is 56.1 Å². The molecule has 0 radical (unpaired) electrons. The summed E-state index contributed by atoms with van der Waals surface area (Å²) in [4.78, 5) is 0.910. The second-order valence-corrected chi connectivity index (χ2v) is 7.13. The van der Waals surface area contributed by atoms with Crippen LogP contribution in [0.1, 0.15) is 0 Å². The van der Waals surface area contributed by atoms with E-state index in [1.54, 1.807) is 24.3 Å². The summed E-state index contributed by atoms with van der Waals surface area (Å²) < 4.78 is 13.6. The summed E-state index contributed by atoms with van der Waals surface area (Å²) in [5.74, 6) is 0. The monoisotopic (exact) mass is 360 g/mol. The zero-order valence-corrected chi connectivity index (χ0v) is 11.8. The molecular formula is C6H10Br2N4S2. The van der Waals surface area contributed by atoms with Crippen LogP contribution >= 0.6 is 56.1 Å². The van der Waals surface area contributed by atoms with Crippen LogP contribution in [0.4, 0.5) is 0 Å². The van der Waals surface area contributed by atoms with Crippen LogP contribution in [0.3, 0.4) is 0 Å². The van der Waals surface area contributed by atoms with Crippen LogP contribution in [-0.4, -0.2) is 33.8 Å². The molecule has 4 nitrogen and oxygen atoms in total. The molecule has 4 N–H and O–H groups in total. The zero-order chi connectivity index (χ0) is 9.71. The summed E-state index contributed by atoms with van der Waals surface area (Å²) in [6.45, 7) is 0. The minimum atomic E-state index is 0.455. The Labute approximate surface area is 108 Å². The number of hydrogen-bond donors (Lipinski definition) is 4. The van der Waals surface area contributed by atoms with Crippen molar-refractivity contribution in [3.8, 4) is 0 Å². The van der Waals surface area contributed by atoms with Crippen LogP contribution in [0.15, 0.2) is 0 Å². The van der Waals surface area contributed by atoms with Crippen LogP contribution in [0.5, 0.6) is 0 Å². The van der Waals surface area contributed by atoms with Gasteiger partial charge in [0.15, 0.2) is 0 Å². The Morgan fingerprint density at radius 1 is 0.643 bits per heavy atom. The zero-order valence-electron chi connectivity index (χ0n) is 7.04. The van der Waals surface area contributed by atoms with E-state index in [4.69, 9.17) is 0 Å². The largest absolute Gasteiger partial charge is 0.245 e. The van der Waals surface area contributed by atoms with E-state index in [2.05, 4.69) is 50.7 Å². The summed E-state index contributed by atoms with van der Waals surface area (Å²) in [5.41, 5.74) is 0. The molecule has 14 heavy (non-hydrogen) atoms. The van der Waals surface area contributed by atoms with E-state index < -0.39 is 0 Å². The molecule has 2 heterocycles. The molecule has 1 aliphatic carbocycles. The van der Waals surface area contributed by atoms with Gasteiger partial charge in [-0.25, -0.2) is 18.9 Å². The highest BCUT2D eigenvalue weighted by Gasteiger charge is 2.53. The molecule has 0 aromatic heterocycles. The van der Waals surface area contributed by atoms with E-state index in [9.17, 15) is 0 Å². The van der Waals surface area contributed by atoms with Gasteiger partial charge in [-0.2, -0.15) is 0 Å². The summed E-state index contributed by atoms with van der Waals surface area (Å²) >= 11 is 10.8. The van der Waals surface area contributed by atoms with Crippen molar-refractivity contribution in [2.45, 2.75) is 33.8 Å². The van der Waals surface area contributed by atoms with Gasteiger partial charge < -0.3 is 0 Å². The Morgan fingerprint density at radius 3 is 1.21 bits per heavy atom. The number of halogens is 2. The lowest BCUT2D eigenvalue weighted by atomic mass is 9.84. The molecule has 80 valence electrons. The Balaban J connectivity index is 1.88. The van der Waals surface area contributed by atoms with Crippen LogP contribution in [0, 0.1) is 0 Å². The lowest BCUT2D eigenvalue weighted by molar-refractivity contribution is 0.321. The molecule has 0 aromatic carbocycles. The molecule has 3 fully saturated rings. The molecule has 3 rings (SSSR count). The van der Waals surface area contributed by atoms with Crippen molar-refractivity contribution in [2.75, 3.05) is 0 Å². The van der Waals surface area contributed by atoms with Crippen LogP contribution in [0.25, 0.3) is 0 Å². The third kappa shape index (κ3) is 1.50. The number of hydrogen-bond acceptors (Lipinski definition) is 6. The van der Waals surface area contributed by atoms with Crippen LogP contribution in [-0.2, 0) is 0 Å². The predicted molar refractivity (Wildman–Crippen MR) is 68.3 cm³/mol. The lowest BCUT2D eigenvalue weighted by Gasteiger charge is -2.40. The molecule has 0 amide bonds. The van der Waals surface area contributed by atoms with Gasteiger partial charge in [0.1, 0.15) is 0 Å². The second-order valence-electron chi connectivity index (χ2n) is 3.67. The molecule has 4 atom stereocenters. The van der Waals surface area contributed by atoms with Crippen molar-refractivity contribution in [3.05, 3.63) is 0 Å². The number of nitrogens with one attached hydrogen (secondary N) is 4. The first-order valence-corrected chi connectivity index (χ1v) is 7.87. The Bertz CT molecular complexity index is 202. The first-order chi connectivity index (χ1) is 6.79. The number of alkyl halides is 2. The second kappa shape index (κ2) is 4.06. The average Bonchev–Trinajstić information content (AvgIpc) is 2.82. The third-order valence-electron chi connectivity index (χ3n) is 2.93. The van der Waals surface area contributed by atoms with Crippen molar-refractivity contribution in [1.29, 1.82) is 0 Å². The Kier molecular flexibility index (Phi) is 3.09. The van der Waals surface area contributed by atoms with Gasteiger partial charge >= 0.3 is 0 Å². The maximum Gasteiger partial charge on any atom is 0.0503 e. The molecule has 2 saturated heterocycles. The summed E-state index contributed by atoms with van der Waals surface area (Å²) in [5, 5.41) is 0. The molecule has 3 aliphatic rings. The molecule has 4 unspecified atom stereocenters. The van der Waals surface area contributed by atoms with Crippen molar-refractivity contribution in [2.24, 2.45) is 0 Å². The molecule has 1 saturated carbocycles. The maximum atomic E-state index is 3.78. The minimum Gasteiger partial charge on any atom is -0.245 e. The summed E-state index contributed by atoms with van der Waals surface area (Å²) in [6, 6.07) is 1.88. The van der Waals surface area contributed by atoms with Gasteiger partial charge in [-0.15, -0.1) is 0 Å². The Morgan fingerprint density at radius 2 is 0.929 bits per heavy atom. The highest BCUT2D eigenvalue weighted by molar-refractivity contribution is 9.10. The van der Waals surface area contributed by atoms with E-state index in [1.807, 2.05) is 0 Å². The first-order valence-electron chi connectivity index (χ1n) is 4.41. The summed E-state index contributed by atoms with van der Waals surface area (Å²) in [6.07, 6.45) is 0. The minimum absolute atomic E-state index is 0.455. The van der Waals surface area contributed by atoms with Gasteiger partial charge in [0, 0.05) is 48.4 Å². The fourth-order valence-electron chi connectivity index (χ4n) is 2.13. The molecule has 2 aliphatic heterocycles. The third-order valence-corrected chi connectivity index (χ3v) is 6.76. The van der Waals surface area contributed by atoms with Crippen molar-refractivity contribution in [3.63, 3.8) is 0 Å². The van der Waals surface area contributed by atoms with E-state index in [0.29, 0.717) is 33.8 Å². The van der Waals surface area contributed by atoms with Gasteiger partial charge in [0.2, 0.25) is 0 Å². The lowest BCUT2D eigenvalue weighted by Crippen LogP contribution is -2.65. The van der Waals surface area contributed by atoms with Crippen LogP contribution in [0.2, 0.25) is 0 Å². The molecular weight excluding hydrogens is 352 g/mol. The SMILES string of the molecule is BrC1C2NSNC2C(Br)C2NSNC12. The fraction of sp³-hybridized carbons (Fsp3) is 1.00. The van der Waals surface area contributed by atoms with Crippen LogP contribution < -0.4 is 18.9 Å². The normalized spacial score (nSPS) is 57.0. The van der Waals surface area contributed by atoms with Crippen molar-refractivity contribution in [1.82, 2.24) is 18.9 Å². The molecule has 8 heteroatoms. The standard InChI is InChI=1S/C6H10Br2N4S2/c7-1-3-5(11-13-9-3)2(8)6-4(1)10-14-12-6/h1-6,9-12H. The highest BCUT2D eigenvalue weighted by Crippen LogP contribution is 2.37. The Hall–Kier alpha value is 1.50. The molecule has 0 spiro atoms. The fourth-order valence-corrected chi connectivity index (χ4v) is 6.53. The van der Waals surface area contributed by atoms with E-state index >= 15 is 0 Å². The van der Waals surface area contributed by atoms with Gasteiger partial charge in [0.25, 0.3) is 0 Å². The average molecular weight is 362 g/mol. The number of fused-ring (bicyclic) bond motifs is 2. The highest BCUT2D eigenvalue weighted by atomic mass is 79.9. The van der Waals surface area contributed by atoms with Crippen molar-refractivity contribution < 1.29 is 0 Å². The topological polar surface area (TPSA) is 48.1 Å². The predicted octanol–water partition coefficient (Wildman–Crippen LogP) is 0.513.